The highest BCUT2D eigenvalue weighted by Gasteiger charge is 2.36. The predicted molar refractivity (Wildman–Crippen MR) is 78.8 cm³/mol. The van der Waals surface area contributed by atoms with Gasteiger partial charge in [-0.2, -0.15) is 13.2 Å². The van der Waals surface area contributed by atoms with Crippen molar-refractivity contribution in [3.63, 3.8) is 0 Å². The van der Waals surface area contributed by atoms with Crippen LogP contribution in [0.4, 0.5) is 13.2 Å². The SMILES string of the molecule is COc1cccc2[nH]cc(CC(=O)NC(CC(F)(F)F)C(=O)O)c12. The molecule has 0 aliphatic rings. The summed E-state index contributed by atoms with van der Waals surface area (Å²) in [7, 11) is 1.45. The summed E-state index contributed by atoms with van der Waals surface area (Å²) in [5.74, 6) is -2.06. The zero-order valence-electron chi connectivity index (χ0n) is 12.6. The molecule has 0 aliphatic heterocycles. The lowest BCUT2D eigenvalue weighted by atomic mass is 10.1. The number of halogens is 3. The Kier molecular flexibility index (Phi) is 5.01. The predicted octanol–water partition coefficient (Wildman–Crippen LogP) is 2.24. The molecule has 130 valence electrons. The van der Waals surface area contributed by atoms with Crippen molar-refractivity contribution in [2.24, 2.45) is 0 Å². The molecular formula is C15H15F3N2O4. The Balaban J connectivity index is 2.16. The first-order valence-corrected chi connectivity index (χ1v) is 6.93. The molecule has 3 N–H and O–H groups in total. The van der Waals surface area contributed by atoms with Crippen LogP contribution in [0, 0.1) is 0 Å². The van der Waals surface area contributed by atoms with E-state index in [1.165, 1.54) is 13.3 Å². The van der Waals surface area contributed by atoms with Crippen LogP contribution in [-0.2, 0) is 16.0 Å². The summed E-state index contributed by atoms with van der Waals surface area (Å²) in [5.41, 5.74) is 1.19. The number of carboxylic acids is 1. The standard InChI is InChI=1S/C15H15F3N2O4/c1-24-11-4-2-3-9-13(11)8(7-19-9)5-12(21)20-10(14(22)23)6-15(16,17)18/h2-4,7,10,19H,5-6H2,1H3,(H,20,21)(H,22,23). The molecule has 0 saturated heterocycles. The molecule has 0 spiro atoms. The summed E-state index contributed by atoms with van der Waals surface area (Å²) in [6.07, 6.45) is -5.07. The molecule has 0 fully saturated rings. The van der Waals surface area contributed by atoms with Gasteiger partial charge in [0.15, 0.2) is 0 Å². The summed E-state index contributed by atoms with van der Waals surface area (Å²) < 4.78 is 42.3. The summed E-state index contributed by atoms with van der Waals surface area (Å²) in [6, 6.07) is 3.15. The van der Waals surface area contributed by atoms with E-state index in [0.717, 1.165) is 0 Å². The Morgan fingerprint density at radius 3 is 2.67 bits per heavy atom. The van der Waals surface area contributed by atoms with E-state index in [9.17, 15) is 22.8 Å². The normalized spacial score (nSPS) is 12.8. The number of alkyl halides is 3. The average Bonchev–Trinajstić information content (AvgIpc) is 2.88. The van der Waals surface area contributed by atoms with Crippen molar-refractivity contribution in [2.45, 2.75) is 25.1 Å². The fraction of sp³-hybridized carbons (Fsp3) is 0.333. The van der Waals surface area contributed by atoms with Crippen LogP contribution < -0.4 is 10.1 Å². The van der Waals surface area contributed by atoms with Crippen LogP contribution in [0.25, 0.3) is 10.9 Å². The maximum Gasteiger partial charge on any atom is 0.391 e. The number of aromatic nitrogens is 1. The monoisotopic (exact) mass is 344 g/mol. The summed E-state index contributed by atoms with van der Waals surface area (Å²) in [4.78, 5) is 25.8. The maximum atomic E-state index is 12.4. The number of methoxy groups -OCH3 is 1. The minimum atomic E-state index is -4.69. The number of aliphatic carboxylic acids is 1. The highest BCUT2D eigenvalue weighted by Crippen LogP contribution is 2.29. The van der Waals surface area contributed by atoms with Gasteiger partial charge in [-0.15, -0.1) is 0 Å². The number of nitrogens with one attached hydrogen (secondary N) is 2. The van der Waals surface area contributed by atoms with Gasteiger partial charge in [0, 0.05) is 17.1 Å². The smallest absolute Gasteiger partial charge is 0.391 e. The summed E-state index contributed by atoms with van der Waals surface area (Å²) in [6.45, 7) is 0. The van der Waals surface area contributed by atoms with Gasteiger partial charge in [-0.05, 0) is 17.7 Å². The Labute approximate surface area is 134 Å². The van der Waals surface area contributed by atoms with Gasteiger partial charge in [-0.3, -0.25) is 4.79 Å². The first-order valence-electron chi connectivity index (χ1n) is 6.93. The van der Waals surface area contributed by atoms with Crippen LogP contribution >= 0.6 is 0 Å². The molecule has 0 bridgehead atoms. The number of carbonyl (C=O) groups is 2. The molecule has 1 amide bonds. The third-order valence-corrected chi connectivity index (χ3v) is 3.39. The molecule has 2 aromatic rings. The molecule has 0 aliphatic carbocycles. The lowest BCUT2D eigenvalue weighted by molar-refractivity contribution is -0.159. The molecule has 9 heteroatoms. The number of hydrogen-bond acceptors (Lipinski definition) is 3. The van der Waals surface area contributed by atoms with Gasteiger partial charge in [-0.25, -0.2) is 4.79 Å². The fourth-order valence-corrected chi connectivity index (χ4v) is 2.38. The molecule has 1 aromatic heterocycles. The van der Waals surface area contributed by atoms with E-state index in [0.29, 0.717) is 22.2 Å². The van der Waals surface area contributed by atoms with Gasteiger partial charge in [0.25, 0.3) is 0 Å². The number of carboxylic acid groups (broad SMARTS) is 1. The third kappa shape index (κ3) is 4.18. The Morgan fingerprint density at radius 2 is 2.08 bits per heavy atom. The minimum absolute atomic E-state index is 0.276. The van der Waals surface area contributed by atoms with Crippen LogP contribution in [-0.4, -0.2) is 41.3 Å². The zero-order valence-corrected chi connectivity index (χ0v) is 12.6. The van der Waals surface area contributed by atoms with Crippen molar-refractivity contribution >= 4 is 22.8 Å². The second-order valence-corrected chi connectivity index (χ2v) is 5.15. The lowest BCUT2D eigenvalue weighted by Crippen LogP contribution is -2.44. The summed E-state index contributed by atoms with van der Waals surface area (Å²) in [5, 5.41) is 11.3. The van der Waals surface area contributed by atoms with E-state index in [1.54, 1.807) is 18.2 Å². The van der Waals surface area contributed by atoms with Crippen molar-refractivity contribution in [3.8, 4) is 5.75 Å². The molecule has 1 atom stereocenters. The number of rotatable bonds is 6. The largest absolute Gasteiger partial charge is 0.496 e. The number of ether oxygens (including phenoxy) is 1. The van der Waals surface area contributed by atoms with Crippen LogP contribution in [0.15, 0.2) is 24.4 Å². The molecule has 2 rings (SSSR count). The Morgan fingerprint density at radius 1 is 1.38 bits per heavy atom. The molecule has 1 aromatic carbocycles. The lowest BCUT2D eigenvalue weighted by Gasteiger charge is -2.16. The highest BCUT2D eigenvalue weighted by atomic mass is 19.4. The van der Waals surface area contributed by atoms with Gasteiger partial charge in [0.05, 0.1) is 20.0 Å². The van der Waals surface area contributed by atoms with Crippen LogP contribution in [0.2, 0.25) is 0 Å². The zero-order chi connectivity index (χ0) is 17.9. The van der Waals surface area contributed by atoms with Crippen LogP contribution in [0.3, 0.4) is 0 Å². The summed E-state index contributed by atoms with van der Waals surface area (Å²) >= 11 is 0. The molecule has 0 radical (unpaired) electrons. The molecule has 1 heterocycles. The molecule has 1 unspecified atom stereocenters. The molecule has 24 heavy (non-hydrogen) atoms. The maximum absolute atomic E-state index is 12.4. The van der Waals surface area contributed by atoms with Gasteiger partial charge >= 0.3 is 12.1 Å². The van der Waals surface area contributed by atoms with E-state index in [2.05, 4.69) is 4.98 Å². The topological polar surface area (TPSA) is 91.4 Å². The van der Waals surface area contributed by atoms with Crippen LogP contribution in [0.1, 0.15) is 12.0 Å². The number of benzene rings is 1. The second-order valence-electron chi connectivity index (χ2n) is 5.15. The average molecular weight is 344 g/mol. The van der Waals surface area contributed by atoms with Gasteiger partial charge < -0.3 is 20.1 Å². The van der Waals surface area contributed by atoms with Gasteiger partial charge in [0.1, 0.15) is 11.8 Å². The number of aromatic amines is 1. The number of carbonyl (C=O) groups excluding carboxylic acids is 1. The number of hydrogen-bond donors (Lipinski definition) is 3. The van der Waals surface area contributed by atoms with E-state index >= 15 is 0 Å². The minimum Gasteiger partial charge on any atom is -0.496 e. The van der Waals surface area contributed by atoms with Gasteiger partial charge in [0.2, 0.25) is 5.91 Å². The van der Waals surface area contributed by atoms with Crippen molar-refractivity contribution in [3.05, 3.63) is 30.0 Å². The first-order chi connectivity index (χ1) is 11.2. The fourth-order valence-electron chi connectivity index (χ4n) is 2.38. The van der Waals surface area contributed by atoms with Crippen molar-refractivity contribution < 1.29 is 32.6 Å². The molecule has 0 saturated carbocycles. The number of amides is 1. The highest BCUT2D eigenvalue weighted by molar-refractivity contribution is 5.94. The first kappa shape index (κ1) is 17.6. The Hall–Kier alpha value is -2.71. The van der Waals surface area contributed by atoms with E-state index in [-0.39, 0.29) is 6.42 Å². The number of H-pyrrole nitrogens is 1. The molecular weight excluding hydrogens is 329 g/mol. The van der Waals surface area contributed by atoms with Gasteiger partial charge in [-0.1, -0.05) is 6.07 Å². The van der Waals surface area contributed by atoms with E-state index in [4.69, 9.17) is 9.84 Å². The van der Waals surface area contributed by atoms with E-state index in [1.807, 2.05) is 5.32 Å². The number of fused-ring (bicyclic) bond motifs is 1. The molecule has 6 nitrogen and oxygen atoms in total. The van der Waals surface area contributed by atoms with Crippen molar-refractivity contribution in [1.82, 2.24) is 10.3 Å². The second kappa shape index (κ2) is 6.81. The third-order valence-electron chi connectivity index (χ3n) is 3.39. The van der Waals surface area contributed by atoms with E-state index < -0.39 is 30.5 Å². The quantitative estimate of drug-likeness (QED) is 0.749. The van der Waals surface area contributed by atoms with Crippen molar-refractivity contribution in [1.29, 1.82) is 0 Å². The van der Waals surface area contributed by atoms with Crippen molar-refractivity contribution in [2.75, 3.05) is 7.11 Å². The Bertz CT molecular complexity index is 755. The van der Waals surface area contributed by atoms with Crippen LogP contribution in [0.5, 0.6) is 5.75 Å².